The molecule has 0 radical (unpaired) electrons. The van der Waals surface area contributed by atoms with Crippen LogP contribution in [0.4, 0.5) is 5.82 Å². The number of aromatic nitrogens is 2. The first kappa shape index (κ1) is 13.1. The second-order valence-electron chi connectivity index (χ2n) is 6.12. The Bertz CT molecular complexity index is 635. The van der Waals surface area contributed by atoms with Crippen molar-refractivity contribution in [2.75, 3.05) is 38.1 Å². The molecule has 2 aromatic rings. The number of hydrogen-bond donors (Lipinski definition) is 1. The Morgan fingerprint density at radius 1 is 1.29 bits per heavy atom. The zero-order valence-corrected chi connectivity index (χ0v) is 12.6. The number of pyridine rings is 1. The lowest BCUT2D eigenvalue weighted by Crippen LogP contribution is -2.50. The predicted molar refractivity (Wildman–Crippen MR) is 84.8 cm³/mol. The van der Waals surface area contributed by atoms with E-state index in [2.05, 4.69) is 43.9 Å². The van der Waals surface area contributed by atoms with Crippen LogP contribution in [-0.2, 0) is 6.54 Å². The third kappa shape index (κ3) is 2.21. The molecule has 0 aliphatic carbocycles. The number of imidazole rings is 1. The van der Waals surface area contributed by atoms with Crippen molar-refractivity contribution in [2.24, 2.45) is 0 Å². The average Bonchev–Trinajstić information content (AvgIpc) is 3.11. The maximum Gasteiger partial charge on any atom is 0.152 e. The van der Waals surface area contributed by atoms with Gasteiger partial charge in [0, 0.05) is 38.4 Å². The summed E-state index contributed by atoms with van der Waals surface area (Å²) in [4.78, 5) is 10.0. The minimum absolute atomic E-state index is 0.728. The molecule has 5 nitrogen and oxygen atoms in total. The molecule has 4 heterocycles. The average molecular weight is 285 g/mol. The molecule has 2 saturated heterocycles. The summed E-state index contributed by atoms with van der Waals surface area (Å²) in [6, 6.07) is 6.96. The van der Waals surface area contributed by atoms with E-state index in [1.165, 1.54) is 37.4 Å². The van der Waals surface area contributed by atoms with Crippen LogP contribution in [-0.4, -0.2) is 53.6 Å². The summed E-state index contributed by atoms with van der Waals surface area (Å²) in [6.45, 7) is 5.54. The molecular weight excluding hydrogens is 262 g/mol. The molecular formula is C16H23N5. The number of nitrogens with one attached hydrogen (secondary N) is 1. The topological polar surface area (TPSA) is 35.8 Å². The van der Waals surface area contributed by atoms with Gasteiger partial charge in [0.15, 0.2) is 5.82 Å². The minimum atomic E-state index is 0.728. The fourth-order valence-corrected chi connectivity index (χ4v) is 3.80. The Morgan fingerprint density at radius 2 is 2.24 bits per heavy atom. The standard InChI is InChI=1S/C16H23N5/c1-17-11-14-16(18-15-6-2-3-8-21(14)15)20-10-9-19-7-4-5-13(19)12-20/h2-3,6,8,13,17H,4-5,7,9-12H2,1H3. The van der Waals surface area contributed by atoms with Gasteiger partial charge in [0.05, 0.1) is 5.69 Å². The molecule has 0 spiro atoms. The molecule has 4 rings (SSSR count). The highest BCUT2D eigenvalue weighted by molar-refractivity contribution is 5.56. The van der Waals surface area contributed by atoms with Crippen LogP contribution in [0.5, 0.6) is 0 Å². The number of rotatable bonds is 3. The van der Waals surface area contributed by atoms with Crippen molar-refractivity contribution in [1.29, 1.82) is 0 Å². The van der Waals surface area contributed by atoms with Crippen LogP contribution in [0.2, 0.25) is 0 Å². The molecule has 2 aromatic heterocycles. The zero-order chi connectivity index (χ0) is 14.2. The maximum atomic E-state index is 4.90. The summed E-state index contributed by atoms with van der Waals surface area (Å²) in [6.07, 6.45) is 4.81. The van der Waals surface area contributed by atoms with E-state index in [0.29, 0.717) is 0 Å². The Morgan fingerprint density at radius 3 is 3.14 bits per heavy atom. The van der Waals surface area contributed by atoms with E-state index in [4.69, 9.17) is 4.98 Å². The van der Waals surface area contributed by atoms with E-state index in [-0.39, 0.29) is 0 Å². The van der Waals surface area contributed by atoms with E-state index in [0.717, 1.165) is 31.3 Å². The van der Waals surface area contributed by atoms with Crippen molar-refractivity contribution in [1.82, 2.24) is 19.6 Å². The van der Waals surface area contributed by atoms with Gasteiger partial charge in [-0.15, -0.1) is 0 Å². The molecule has 0 amide bonds. The third-order valence-electron chi connectivity index (χ3n) is 4.84. The van der Waals surface area contributed by atoms with E-state index < -0.39 is 0 Å². The van der Waals surface area contributed by atoms with Gasteiger partial charge in [0.25, 0.3) is 0 Å². The lowest BCUT2D eigenvalue weighted by Gasteiger charge is -2.38. The number of hydrogen-bond acceptors (Lipinski definition) is 4. The van der Waals surface area contributed by atoms with Crippen LogP contribution in [0.1, 0.15) is 18.5 Å². The molecule has 2 fully saturated rings. The molecule has 1 unspecified atom stereocenters. The quantitative estimate of drug-likeness (QED) is 0.923. The Kier molecular flexibility index (Phi) is 3.31. The molecule has 0 aromatic carbocycles. The largest absolute Gasteiger partial charge is 0.352 e. The van der Waals surface area contributed by atoms with E-state index in [9.17, 15) is 0 Å². The van der Waals surface area contributed by atoms with Crippen LogP contribution in [0.25, 0.3) is 5.65 Å². The highest BCUT2D eigenvalue weighted by Gasteiger charge is 2.32. The first-order chi connectivity index (χ1) is 10.4. The van der Waals surface area contributed by atoms with Crippen LogP contribution in [0, 0.1) is 0 Å². The second kappa shape index (κ2) is 5.31. The van der Waals surface area contributed by atoms with Gasteiger partial charge < -0.3 is 14.6 Å². The van der Waals surface area contributed by atoms with Crippen LogP contribution < -0.4 is 10.2 Å². The monoisotopic (exact) mass is 285 g/mol. The summed E-state index contributed by atoms with van der Waals surface area (Å²) in [7, 11) is 2.00. The SMILES string of the molecule is CNCc1c(N2CCN3CCCC3C2)nc2ccccn12. The van der Waals surface area contributed by atoms with Gasteiger partial charge in [-0.2, -0.15) is 0 Å². The minimum Gasteiger partial charge on any atom is -0.352 e. The number of piperazine rings is 1. The van der Waals surface area contributed by atoms with E-state index in [1.54, 1.807) is 0 Å². The highest BCUT2D eigenvalue weighted by atomic mass is 15.3. The van der Waals surface area contributed by atoms with Crippen LogP contribution in [0.15, 0.2) is 24.4 Å². The lowest BCUT2D eigenvalue weighted by molar-refractivity contribution is 0.230. The molecule has 0 bridgehead atoms. The third-order valence-corrected chi connectivity index (χ3v) is 4.84. The first-order valence-electron chi connectivity index (χ1n) is 7.96. The highest BCUT2D eigenvalue weighted by Crippen LogP contribution is 2.28. The van der Waals surface area contributed by atoms with Gasteiger partial charge in [0.2, 0.25) is 0 Å². The zero-order valence-electron chi connectivity index (χ0n) is 12.6. The van der Waals surface area contributed by atoms with Gasteiger partial charge in [0.1, 0.15) is 5.65 Å². The molecule has 21 heavy (non-hydrogen) atoms. The molecule has 2 aliphatic rings. The predicted octanol–water partition coefficient (Wildman–Crippen LogP) is 1.34. The molecule has 0 saturated carbocycles. The fourth-order valence-electron chi connectivity index (χ4n) is 3.80. The van der Waals surface area contributed by atoms with Crippen molar-refractivity contribution < 1.29 is 0 Å². The number of anilines is 1. The normalized spacial score (nSPS) is 22.9. The number of fused-ring (bicyclic) bond motifs is 2. The summed E-state index contributed by atoms with van der Waals surface area (Å²) in [5.41, 5.74) is 2.33. The maximum absolute atomic E-state index is 4.90. The van der Waals surface area contributed by atoms with E-state index >= 15 is 0 Å². The summed E-state index contributed by atoms with van der Waals surface area (Å²) in [5, 5.41) is 3.29. The molecule has 1 atom stereocenters. The molecule has 2 aliphatic heterocycles. The van der Waals surface area contributed by atoms with Gasteiger partial charge in [-0.3, -0.25) is 4.90 Å². The Labute approximate surface area is 125 Å². The lowest BCUT2D eigenvalue weighted by atomic mass is 10.1. The van der Waals surface area contributed by atoms with Crippen molar-refractivity contribution in [3.05, 3.63) is 30.1 Å². The van der Waals surface area contributed by atoms with Gasteiger partial charge in [-0.1, -0.05) is 6.07 Å². The van der Waals surface area contributed by atoms with Crippen LogP contribution in [0.3, 0.4) is 0 Å². The number of nitrogens with zero attached hydrogens (tertiary/aromatic N) is 4. The Balaban J connectivity index is 1.70. The van der Waals surface area contributed by atoms with Crippen molar-refractivity contribution in [2.45, 2.75) is 25.4 Å². The molecule has 112 valence electrons. The van der Waals surface area contributed by atoms with Gasteiger partial charge >= 0.3 is 0 Å². The Hall–Kier alpha value is -1.59. The summed E-state index contributed by atoms with van der Waals surface area (Å²) in [5.74, 6) is 1.17. The smallest absolute Gasteiger partial charge is 0.152 e. The summed E-state index contributed by atoms with van der Waals surface area (Å²) >= 11 is 0. The van der Waals surface area contributed by atoms with Gasteiger partial charge in [-0.25, -0.2) is 4.98 Å². The molecule has 5 heteroatoms. The first-order valence-corrected chi connectivity index (χ1v) is 7.96. The fraction of sp³-hybridized carbons (Fsp3) is 0.562. The van der Waals surface area contributed by atoms with E-state index in [1.807, 2.05) is 7.05 Å². The van der Waals surface area contributed by atoms with Crippen molar-refractivity contribution >= 4 is 11.5 Å². The van der Waals surface area contributed by atoms with Gasteiger partial charge in [-0.05, 0) is 38.6 Å². The summed E-state index contributed by atoms with van der Waals surface area (Å²) < 4.78 is 2.22. The van der Waals surface area contributed by atoms with Crippen LogP contribution >= 0.6 is 0 Å². The van der Waals surface area contributed by atoms with Crippen molar-refractivity contribution in [3.8, 4) is 0 Å². The molecule has 1 N–H and O–H groups in total. The van der Waals surface area contributed by atoms with Crippen molar-refractivity contribution in [3.63, 3.8) is 0 Å². The second-order valence-corrected chi connectivity index (χ2v) is 6.12.